The summed E-state index contributed by atoms with van der Waals surface area (Å²) in [7, 11) is 0. The largest absolute Gasteiger partial charge is 0.413 e. The smallest absolute Gasteiger partial charge is 0.299 e. The van der Waals surface area contributed by atoms with Crippen molar-refractivity contribution in [3.63, 3.8) is 0 Å². The molecule has 2 fully saturated rings. The molecular weight excluding hydrogens is 172 g/mol. The maximum atomic E-state index is 5.26. The fraction of sp³-hybridized carbons (Fsp3) is 0.556. The molecule has 0 amide bonds. The third-order valence-corrected chi connectivity index (χ3v) is 1.81. The van der Waals surface area contributed by atoms with E-state index in [1.807, 2.05) is 0 Å². The number of hydrogen-bond donors (Lipinski definition) is 0. The molecule has 0 saturated carbocycles. The molecule has 2 aliphatic rings. The van der Waals surface area contributed by atoms with E-state index in [1.54, 1.807) is 0 Å². The Balaban J connectivity index is 1.98. The zero-order chi connectivity index (χ0) is 9.31. The van der Waals surface area contributed by atoms with Gasteiger partial charge in [-0.3, -0.25) is 18.9 Å². The molecule has 0 radical (unpaired) electrons. The summed E-state index contributed by atoms with van der Waals surface area (Å²) in [6.45, 7) is 9.09. The minimum absolute atomic E-state index is 0.409. The molecule has 0 unspecified atom stereocenters. The maximum Gasteiger partial charge on any atom is 0.413 e. The Kier molecular flexibility index (Phi) is 2.21. The van der Waals surface area contributed by atoms with E-state index in [2.05, 4.69) is 13.2 Å². The van der Waals surface area contributed by atoms with E-state index >= 15 is 0 Å². The molecule has 13 heavy (non-hydrogen) atoms. The number of rotatable bonds is 0. The molecule has 0 N–H and O–H groups in total. The zero-order valence-corrected chi connectivity index (χ0v) is 7.38. The van der Waals surface area contributed by atoms with Gasteiger partial charge in [-0.15, -0.1) is 0 Å². The van der Waals surface area contributed by atoms with Crippen LogP contribution in [0, 0.1) is 0 Å². The van der Waals surface area contributed by atoms with E-state index in [-0.39, 0.29) is 0 Å². The standard InChI is InChI=1S/C9H12O4/c1-7-3-10-9(11-4-7)12-5-8(2)6-13-9/h1-6H2. The van der Waals surface area contributed by atoms with Crippen molar-refractivity contribution in [2.75, 3.05) is 26.4 Å². The fourth-order valence-electron chi connectivity index (χ4n) is 1.10. The molecule has 0 aliphatic carbocycles. The average molecular weight is 184 g/mol. The molecule has 2 rings (SSSR count). The molecule has 4 nitrogen and oxygen atoms in total. The van der Waals surface area contributed by atoms with Crippen molar-refractivity contribution in [2.24, 2.45) is 0 Å². The Hall–Kier alpha value is -0.680. The first kappa shape index (κ1) is 8.90. The van der Waals surface area contributed by atoms with Crippen molar-refractivity contribution in [1.82, 2.24) is 0 Å². The van der Waals surface area contributed by atoms with Crippen LogP contribution in [0.25, 0.3) is 0 Å². The first-order chi connectivity index (χ1) is 6.20. The second-order valence-corrected chi connectivity index (χ2v) is 3.15. The van der Waals surface area contributed by atoms with Crippen LogP contribution in [0.3, 0.4) is 0 Å². The van der Waals surface area contributed by atoms with Crippen LogP contribution in [0.4, 0.5) is 0 Å². The molecule has 0 atom stereocenters. The molecule has 2 heterocycles. The highest BCUT2D eigenvalue weighted by molar-refractivity contribution is 4.99. The van der Waals surface area contributed by atoms with Gasteiger partial charge in [0.2, 0.25) is 0 Å². The topological polar surface area (TPSA) is 36.9 Å². The lowest BCUT2D eigenvalue weighted by Crippen LogP contribution is -2.49. The van der Waals surface area contributed by atoms with Gasteiger partial charge in [0.25, 0.3) is 0 Å². The van der Waals surface area contributed by atoms with Gasteiger partial charge in [0.1, 0.15) is 0 Å². The van der Waals surface area contributed by atoms with Gasteiger partial charge in [0.05, 0.1) is 26.4 Å². The lowest BCUT2D eigenvalue weighted by atomic mass is 10.3. The summed E-state index contributed by atoms with van der Waals surface area (Å²) in [6.07, 6.45) is -1.30. The molecule has 0 aromatic carbocycles. The fourth-order valence-corrected chi connectivity index (χ4v) is 1.10. The van der Waals surface area contributed by atoms with E-state index < -0.39 is 6.16 Å². The molecule has 4 heteroatoms. The molecule has 2 aliphatic heterocycles. The van der Waals surface area contributed by atoms with Gasteiger partial charge in [-0.2, -0.15) is 0 Å². The van der Waals surface area contributed by atoms with Gasteiger partial charge in [-0.1, -0.05) is 13.2 Å². The number of ether oxygens (including phenoxy) is 4. The van der Waals surface area contributed by atoms with Gasteiger partial charge in [0.15, 0.2) is 0 Å². The second kappa shape index (κ2) is 3.23. The predicted octanol–water partition coefficient (Wildman–Crippen LogP) is 0.804. The van der Waals surface area contributed by atoms with Crippen molar-refractivity contribution in [2.45, 2.75) is 6.16 Å². The maximum absolute atomic E-state index is 5.26. The van der Waals surface area contributed by atoms with Crippen molar-refractivity contribution in [1.29, 1.82) is 0 Å². The van der Waals surface area contributed by atoms with Crippen LogP contribution in [0.1, 0.15) is 0 Å². The molecule has 0 bridgehead atoms. The molecule has 0 aromatic heterocycles. The Bertz CT molecular complexity index is 196. The van der Waals surface area contributed by atoms with Crippen LogP contribution in [0.2, 0.25) is 0 Å². The van der Waals surface area contributed by atoms with Crippen molar-refractivity contribution in [3.8, 4) is 0 Å². The van der Waals surface area contributed by atoms with Gasteiger partial charge in [0, 0.05) is 0 Å². The van der Waals surface area contributed by atoms with Crippen LogP contribution in [-0.2, 0) is 18.9 Å². The first-order valence-electron chi connectivity index (χ1n) is 4.09. The summed E-state index contributed by atoms with van der Waals surface area (Å²) < 4.78 is 21.0. The minimum atomic E-state index is -1.30. The lowest BCUT2D eigenvalue weighted by Gasteiger charge is -2.38. The van der Waals surface area contributed by atoms with Crippen LogP contribution >= 0.6 is 0 Å². The quantitative estimate of drug-likeness (QED) is 0.522. The third kappa shape index (κ3) is 1.81. The van der Waals surface area contributed by atoms with E-state index in [0.29, 0.717) is 26.4 Å². The minimum Gasteiger partial charge on any atom is -0.299 e. The Morgan fingerprint density at radius 2 is 1.08 bits per heavy atom. The van der Waals surface area contributed by atoms with E-state index in [1.165, 1.54) is 0 Å². The highest BCUT2D eigenvalue weighted by Gasteiger charge is 2.41. The van der Waals surface area contributed by atoms with E-state index in [0.717, 1.165) is 11.1 Å². The van der Waals surface area contributed by atoms with E-state index in [9.17, 15) is 0 Å². The molecule has 1 spiro atoms. The lowest BCUT2D eigenvalue weighted by molar-refractivity contribution is -0.510. The van der Waals surface area contributed by atoms with Crippen LogP contribution < -0.4 is 0 Å². The zero-order valence-electron chi connectivity index (χ0n) is 7.38. The van der Waals surface area contributed by atoms with Crippen molar-refractivity contribution < 1.29 is 18.9 Å². The summed E-state index contributed by atoms with van der Waals surface area (Å²) in [5, 5.41) is 0. The first-order valence-corrected chi connectivity index (χ1v) is 4.09. The Morgan fingerprint density at radius 3 is 1.38 bits per heavy atom. The van der Waals surface area contributed by atoms with Gasteiger partial charge in [-0.25, -0.2) is 0 Å². The highest BCUT2D eigenvalue weighted by atomic mass is 17.0. The third-order valence-electron chi connectivity index (χ3n) is 1.81. The second-order valence-electron chi connectivity index (χ2n) is 3.15. The van der Waals surface area contributed by atoms with Crippen molar-refractivity contribution in [3.05, 3.63) is 24.3 Å². The SMILES string of the molecule is C=C1COC2(OC1)OCC(=C)CO2. The van der Waals surface area contributed by atoms with E-state index in [4.69, 9.17) is 18.9 Å². The summed E-state index contributed by atoms with van der Waals surface area (Å²) in [6, 6.07) is 0. The molecule has 2 saturated heterocycles. The molecular formula is C9H12O4. The molecule has 0 aromatic rings. The molecule has 72 valence electrons. The average Bonchev–Trinajstić information content (AvgIpc) is 2.16. The summed E-state index contributed by atoms with van der Waals surface area (Å²) in [4.78, 5) is 0. The summed E-state index contributed by atoms with van der Waals surface area (Å²) >= 11 is 0. The Labute approximate surface area is 76.7 Å². The van der Waals surface area contributed by atoms with Crippen LogP contribution in [0.5, 0.6) is 0 Å². The van der Waals surface area contributed by atoms with Crippen molar-refractivity contribution >= 4 is 0 Å². The van der Waals surface area contributed by atoms with Crippen LogP contribution in [-0.4, -0.2) is 32.6 Å². The highest BCUT2D eigenvalue weighted by Crippen LogP contribution is 2.27. The normalized spacial score (nSPS) is 28.0. The van der Waals surface area contributed by atoms with Gasteiger partial charge in [-0.05, 0) is 11.1 Å². The predicted molar refractivity (Wildman–Crippen MR) is 44.8 cm³/mol. The Morgan fingerprint density at radius 1 is 0.769 bits per heavy atom. The van der Waals surface area contributed by atoms with Gasteiger partial charge >= 0.3 is 6.16 Å². The van der Waals surface area contributed by atoms with Crippen LogP contribution in [0.15, 0.2) is 24.3 Å². The monoisotopic (exact) mass is 184 g/mol. The summed E-state index contributed by atoms with van der Waals surface area (Å²) in [5.74, 6) is 0. The van der Waals surface area contributed by atoms with Gasteiger partial charge < -0.3 is 0 Å². The number of hydrogen-bond acceptors (Lipinski definition) is 4. The summed E-state index contributed by atoms with van der Waals surface area (Å²) in [5.41, 5.74) is 1.75.